The number of unbranched alkanes of at least 4 members (excludes halogenated alkanes) is 2. The molecule has 3 rings (SSSR count). The lowest BCUT2D eigenvalue weighted by Gasteiger charge is -2.11. The number of amides is 2. The van der Waals surface area contributed by atoms with Gasteiger partial charge in [0.2, 0.25) is 0 Å². The monoisotopic (exact) mass is 282 g/mol. The van der Waals surface area contributed by atoms with Gasteiger partial charge < -0.3 is 5.32 Å². The minimum Gasteiger partial charge on any atom is -0.384 e. The van der Waals surface area contributed by atoms with Gasteiger partial charge in [-0.25, -0.2) is 0 Å². The highest BCUT2D eigenvalue weighted by molar-refractivity contribution is 6.29. The van der Waals surface area contributed by atoms with Crippen LogP contribution in [-0.2, 0) is 0 Å². The van der Waals surface area contributed by atoms with Crippen molar-refractivity contribution in [2.24, 2.45) is 0 Å². The van der Waals surface area contributed by atoms with E-state index < -0.39 is 0 Å². The first-order valence-electron chi connectivity index (χ1n) is 7.37. The van der Waals surface area contributed by atoms with E-state index in [0.717, 1.165) is 42.3 Å². The maximum Gasteiger partial charge on any atom is 0.261 e. The molecule has 0 aliphatic carbocycles. The molecule has 0 saturated carbocycles. The second-order valence-electron chi connectivity index (χ2n) is 5.31. The average molecular weight is 282 g/mol. The van der Waals surface area contributed by atoms with Gasteiger partial charge in [-0.15, -0.1) is 0 Å². The van der Waals surface area contributed by atoms with E-state index in [9.17, 15) is 9.59 Å². The second-order valence-corrected chi connectivity index (χ2v) is 5.31. The van der Waals surface area contributed by atoms with Crippen molar-refractivity contribution in [3.05, 3.63) is 41.5 Å². The molecule has 0 spiro atoms. The van der Waals surface area contributed by atoms with Gasteiger partial charge in [-0.1, -0.05) is 44.0 Å². The molecule has 2 aromatic carbocycles. The van der Waals surface area contributed by atoms with Crippen molar-refractivity contribution < 1.29 is 9.59 Å². The van der Waals surface area contributed by atoms with E-state index in [4.69, 9.17) is 0 Å². The number of benzene rings is 2. The Balaban J connectivity index is 2.06. The largest absolute Gasteiger partial charge is 0.384 e. The van der Waals surface area contributed by atoms with Crippen LogP contribution in [0.4, 0.5) is 5.69 Å². The van der Waals surface area contributed by atoms with E-state index in [2.05, 4.69) is 17.6 Å². The lowest BCUT2D eigenvalue weighted by molar-refractivity contribution is 0.0880. The normalized spacial score (nSPS) is 13.4. The average Bonchev–Trinajstić information content (AvgIpc) is 2.79. The van der Waals surface area contributed by atoms with Crippen LogP contribution in [0.3, 0.4) is 0 Å². The van der Waals surface area contributed by atoms with Crippen LogP contribution < -0.4 is 10.6 Å². The van der Waals surface area contributed by atoms with Crippen molar-refractivity contribution in [3.63, 3.8) is 0 Å². The molecule has 2 aromatic rings. The maximum atomic E-state index is 12.1. The van der Waals surface area contributed by atoms with Gasteiger partial charge in [-0.3, -0.25) is 14.9 Å². The Morgan fingerprint density at radius 1 is 1.05 bits per heavy atom. The Labute approximate surface area is 123 Å². The molecule has 108 valence electrons. The summed E-state index contributed by atoms with van der Waals surface area (Å²) in [6.45, 7) is 2.96. The molecule has 2 N–H and O–H groups in total. The summed E-state index contributed by atoms with van der Waals surface area (Å²) >= 11 is 0. The summed E-state index contributed by atoms with van der Waals surface area (Å²) in [6, 6.07) is 9.62. The molecule has 0 bridgehead atoms. The van der Waals surface area contributed by atoms with Gasteiger partial charge >= 0.3 is 0 Å². The smallest absolute Gasteiger partial charge is 0.261 e. The lowest BCUT2D eigenvalue weighted by Crippen LogP contribution is -2.20. The summed E-state index contributed by atoms with van der Waals surface area (Å²) in [5, 5.41) is 7.51. The maximum absolute atomic E-state index is 12.1. The number of nitrogens with one attached hydrogen (secondary N) is 2. The Bertz CT molecular complexity index is 722. The number of hydrogen-bond acceptors (Lipinski definition) is 3. The van der Waals surface area contributed by atoms with Gasteiger partial charge in [-0.05, 0) is 23.3 Å². The fourth-order valence-corrected chi connectivity index (χ4v) is 2.78. The van der Waals surface area contributed by atoms with Gasteiger partial charge in [0, 0.05) is 12.2 Å². The summed E-state index contributed by atoms with van der Waals surface area (Å²) in [4.78, 5) is 24.1. The number of fused-ring (bicyclic) bond motifs is 3. The predicted octanol–water partition coefficient (Wildman–Crippen LogP) is 3.33. The molecule has 0 aromatic heterocycles. The number of imide groups is 1. The quantitative estimate of drug-likeness (QED) is 0.653. The number of anilines is 1. The van der Waals surface area contributed by atoms with Crippen LogP contribution in [0.1, 0.15) is 46.9 Å². The molecule has 1 aliphatic rings. The molecule has 0 fully saturated rings. The van der Waals surface area contributed by atoms with Gasteiger partial charge in [0.15, 0.2) is 0 Å². The van der Waals surface area contributed by atoms with Crippen molar-refractivity contribution in [3.8, 4) is 0 Å². The molecule has 2 amide bonds. The summed E-state index contributed by atoms with van der Waals surface area (Å²) < 4.78 is 0. The first-order chi connectivity index (χ1) is 10.2. The summed E-state index contributed by atoms with van der Waals surface area (Å²) in [6.07, 6.45) is 3.35. The van der Waals surface area contributed by atoms with E-state index in [1.165, 1.54) is 0 Å². The standard InChI is InChI=1S/C17H18N2O2/c1-2-3-6-9-18-13-10-11-7-4-5-8-12(11)14-15(13)17(21)19-16(14)20/h4-5,7-8,10,18H,2-3,6,9H2,1H3,(H,19,20,21). The molecule has 0 saturated heterocycles. The lowest BCUT2D eigenvalue weighted by atomic mass is 9.98. The zero-order valence-electron chi connectivity index (χ0n) is 12.0. The first-order valence-corrected chi connectivity index (χ1v) is 7.37. The van der Waals surface area contributed by atoms with Crippen LogP contribution in [-0.4, -0.2) is 18.4 Å². The summed E-state index contributed by atoms with van der Waals surface area (Å²) in [7, 11) is 0. The van der Waals surface area contributed by atoms with Crippen molar-refractivity contribution in [2.75, 3.05) is 11.9 Å². The third kappa shape index (κ3) is 2.37. The molecule has 1 aliphatic heterocycles. The van der Waals surface area contributed by atoms with E-state index in [1.54, 1.807) is 0 Å². The highest BCUT2D eigenvalue weighted by atomic mass is 16.2. The van der Waals surface area contributed by atoms with Gasteiger partial charge in [0.05, 0.1) is 11.1 Å². The topological polar surface area (TPSA) is 58.2 Å². The van der Waals surface area contributed by atoms with Gasteiger partial charge in [0.25, 0.3) is 11.8 Å². The summed E-state index contributed by atoms with van der Waals surface area (Å²) in [5.41, 5.74) is 1.73. The Hall–Kier alpha value is -2.36. The van der Waals surface area contributed by atoms with Crippen LogP contribution >= 0.6 is 0 Å². The molecule has 0 radical (unpaired) electrons. The Morgan fingerprint density at radius 2 is 1.81 bits per heavy atom. The van der Waals surface area contributed by atoms with Crippen LogP contribution in [0.25, 0.3) is 10.8 Å². The number of carbonyl (C=O) groups excluding carboxylic acids is 2. The third-order valence-corrected chi connectivity index (χ3v) is 3.83. The fraction of sp³-hybridized carbons (Fsp3) is 0.294. The molecule has 21 heavy (non-hydrogen) atoms. The Kier molecular flexibility index (Phi) is 3.60. The minimum absolute atomic E-state index is 0.302. The number of hydrogen-bond donors (Lipinski definition) is 2. The zero-order chi connectivity index (χ0) is 14.8. The van der Waals surface area contributed by atoms with E-state index in [1.807, 2.05) is 30.3 Å². The number of carbonyl (C=O) groups is 2. The fourth-order valence-electron chi connectivity index (χ4n) is 2.78. The number of rotatable bonds is 5. The first kappa shape index (κ1) is 13.6. The Morgan fingerprint density at radius 3 is 2.62 bits per heavy atom. The molecule has 1 heterocycles. The van der Waals surface area contributed by atoms with E-state index in [-0.39, 0.29) is 11.8 Å². The SMILES string of the molecule is CCCCCNc1cc2ccccc2c2c1C(=O)NC2=O. The van der Waals surface area contributed by atoms with Crippen LogP contribution in [0.2, 0.25) is 0 Å². The van der Waals surface area contributed by atoms with Crippen LogP contribution in [0.5, 0.6) is 0 Å². The molecular formula is C17H18N2O2. The zero-order valence-corrected chi connectivity index (χ0v) is 12.0. The van der Waals surface area contributed by atoms with Crippen molar-refractivity contribution in [1.82, 2.24) is 5.32 Å². The third-order valence-electron chi connectivity index (χ3n) is 3.83. The molecule has 4 nitrogen and oxygen atoms in total. The van der Waals surface area contributed by atoms with Gasteiger partial charge in [0.1, 0.15) is 0 Å². The molecular weight excluding hydrogens is 264 g/mol. The van der Waals surface area contributed by atoms with Crippen molar-refractivity contribution in [2.45, 2.75) is 26.2 Å². The molecule has 0 atom stereocenters. The van der Waals surface area contributed by atoms with Crippen LogP contribution in [0.15, 0.2) is 30.3 Å². The minimum atomic E-state index is -0.307. The highest BCUT2D eigenvalue weighted by Crippen LogP contribution is 2.32. The van der Waals surface area contributed by atoms with Crippen LogP contribution in [0, 0.1) is 0 Å². The molecule has 0 unspecified atom stereocenters. The summed E-state index contributed by atoms with van der Waals surface area (Å²) in [5.74, 6) is -0.609. The second kappa shape index (κ2) is 5.56. The van der Waals surface area contributed by atoms with E-state index >= 15 is 0 Å². The van der Waals surface area contributed by atoms with Crippen molar-refractivity contribution >= 4 is 28.3 Å². The highest BCUT2D eigenvalue weighted by Gasteiger charge is 2.31. The molecule has 4 heteroatoms. The van der Waals surface area contributed by atoms with Crippen molar-refractivity contribution in [1.29, 1.82) is 0 Å². The van der Waals surface area contributed by atoms with E-state index in [0.29, 0.717) is 11.1 Å². The van der Waals surface area contributed by atoms with Gasteiger partial charge in [-0.2, -0.15) is 0 Å². The predicted molar refractivity (Wildman–Crippen MR) is 83.8 cm³/mol.